The third kappa shape index (κ3) is 5.03. The summed E-state index contributed by atoms with van der Waals surface area (Å²) in [5, 5.41) is 11.0. The van der Waals surface area contributed by atoms with Crippen LogP contribution in [0, 0.1) is 18.6 Å². The number of benzene rings is 1. The Morgan fingerprint density at radius 3 is 2.56 bits per heavy atom. The van der Waals surface area contributed by atoms with Gasteiger partial charge in [-0.05, 0) is 46.8 Å². The molecule has 3 aromatic heterocycles. The Morgan fingerprint density at radius 2 is 1.88 bits per heavy atom. The molecule has 1 atom stereocenters. The number of halogens is 2. The third-order valence-corrected chi connectivity index (χ3v) is 7.40. The highest BCUT2D eigenvalue weighted by atomic mass is 19.1. The number of fused-ring (bicyclic) bond motifs is 2. The summed E-state index contributed by atoms with van der Waals surface area (Å²) in [5.74, 6) is -1.40. The number of ether oxygens (including phenoxy) is 2. The number of carbonyl (C=O) groups is 2. The molecular formula is C30H30F2N6O5. The van der Waals surface area contributed by atoms with E-state index < -0.39 is 35.0 Å². The number of likely N-dealkylation sites (tertiary alicyclic amines) is 1. The number of rotatable bonds is 4. The van der Waals surface area contributed by atoms with Crippen LogP contribution in [0.5, 0.6) is 5.75 Å². The average Bonchev–Trinajstić information content (AvgIpc) is 3.21. The summed E-state index contributed by atoms with van der Waals surface area (Å²) in [7, 11) is 0. The van der Waals surface area contributed by atoms with Crippen LogP contribution in [0.3, 0.4) is 0 Å². The molecule has 1 saturated heterocycles. The van der Waals surface area contributed by atoms with Gasteiger partial charge in [0.15, 0.2) is 29.1 Å². The van der Waals surface area contributed by atoms with E-state index in [4.69, 9.17) is 9.47 Å². The van der Waals surface area contributed by atoms with E-state index in [1.807, 2.05) is 0 Å². The highest BCUT2D eigenvalue weighted by Crippen LogP contribution is 2.38. The summed E-state index contributed by atoms with van der Waals surface area (Å²) in [6, 6.07) is 5.65. The Balaban J connectivity index is 1.28. The van der Waals surface area contributed by atoms with Gasteiger partial charge in [0.25, 0.3) is 5.91 Å². The first kappa shape index (κ1) is 28.5. The second kappa shape index (κ2) is 9.97. The first-order chi connectivity index (χ1) is 20.2. The van der Waals surface area contributed by atoms with Crippen molar-refractivity contribution >= 4 is 23.3 Å². The van der Waals surface area contributed by atoms with Gasteiger partial charge in [-0.15, -0.1) is 0 Å². The number of aryl methyl sites for hydroxylation is 1. The van der Waals surface area contributed by atoms with Gasteiger partial charge in [0, 0.05) is 35.8 Å². The summed E-state index contributed by atoms with van der Waals surface area (Å²) >= 11 is 0. The topological polar surface area (TPSA) is 122 Å². The molecule has 11 nitrogen and oxygen atoms in total. The summed E-state index contributed by atoms with van der Waals surface area (Å²) in [4.78, 5) is 41.2. The molecule has 2 aliphatic heterocycles. The molecule has 1 aromatic carbocycles. The van der Waals surface area contributed by atoms with Gasteiger partial charge in [-0.3, -0.25) is 9.69 Å². The molecule has 43 heavy (non-hydrogen) atoms. The summed E-state index contributed by atoms with van der Waals surface area (Å²) in [6.07, 6.45) is 2.90. The highest BCUT2D eigenvalue weighted by Gasteiger charge is 2.48. The lowest BCUT2D eigenvalue weighted by molar-refractivity contribution is -0.125. The van der Waals surface area contributed by atoms with Gasteiger partial charge in [-0.25, -0.2) is 28.5 Å². The van der Waals surface area contributed by atoms with Crippen molar-refractivity contribution < 1.29 is 33.0 Å². The summed E-state index contributed by atoms with van der Waals surface area (Å²) in [6.45, 7) is 8.54. The predicted octanol–water partition coefficient (Wildman–Crippen LogP) is 4.13. The van der Waals surface area contributed by atoms with E-state index in [0.717, 1.165) is 0 Å². The van der Waals surface area contributed by atoms with Gasteiger partial charge in [-0.2, -0.15) is 0 Å². The van der Waals surface area contributed by atoms with E-state index in [2.05, 4.69) is 15.0 Å². The van der Waals surface area contributed by atoms with Crippen LogP contribution in [0.1, 0.15) is 44.9 Å². The molecule has 13 heteroatoms. The normalized spacial score (nSPS) is 17.9. The van der Waals surface area contributed by atoms with Gasteiger partial charge in [0.05, 0.1) is 36.7 Å². The molecule has 224 valence electrons. The molecule has 2 amide bonds. The maximum Gasteiger partial charge on any atom is 0.410 e. The van der Waals surface area contributed by atoms with Crippen molar-refractivity contribution in [1.82, 2.24) is 24.3 Å². The van der Waals surface area contributed by atoms with Gasteiger partial charge >= 0.3 is 6.09 Å². The van der Waals surface area contributed by atoms with Crippen LogP contribution < -0.4 is 9.64 Å². The number of aromatic nitrogens is 4. The Kier molecular flexibility index (Phi) is 6.60. The molecule has 2 aliphatic rings. The van der Waals surface area contributed by atoms with Crippen molar-refractivity contribution in [3.63, 3.8) is 0 Å². The Labute approximate surface area is 245 Å². The second-order valence-corrected chi connectivity index (χ2v) is 11.8. The van der Waals surface area contributed by atoms with Crippen LogP contribution in [0.15, 0.2) is 42.9 Å². The van der Waals surface area contributed by atoms with Crippen LogP contribution in [0.25, 0.3) is 16.8 Å². The van der Waals surface area contributed by atoms with Crippen LogP contribution in [0.2, 0.25) is 0 Å². The van der Waals surface area contributed by atoms with Crippen molar-refractivity contribution in [2.24, 2.45) is 0 Å². The molecule has 0 saturated carbocycles. The molecule has 1 N–H and O–H groups in total. The number of hydrogen-bond donors (Lipinski definition) is 1. The minimum absolute atomic E-state index is 0.00706. The third-order valence-electron chi connectivity index (χ3n) is 7.40. The minimum Gasteiger partial charge on any atom is -0.476 e. The standard InChI is InChI=1S/C30H30F2N6O5/c1-16-23(13-38-22-8-6-7-20(31)25(22)42-17(2)26(38)39)37-12-19(21(32)9-24(37)35-16)18-10-33-27(34-11-18)30(41)14-36(15-30)28(40)43-29(3,4)5/h6-12,17,41H,13-15H2,1-5H3/t17-/m1/s1. The van der Waals surface area contributed by atoms with E-state index in [-0.39, 0.29) is 42.7 Å². The molecule has 1 fully saturated rings. The number of anilines is 1. The fourth-order valence-electron chi connectivity index (χ4n) is 5.23. The van der Waals surface area contributed by atoms with E-state index in [9.17, 15) is 19.1 Å². The first-order valence-electron chi connectivity index (χ1n) is 13.7. The van der Waals surface area contributed by atoms with Gasteiger partial charge in [0.1, 0.15) is 17.1 Å². The Morgan fingerprint density at radius 1 is 1.19 bits per heavy atom. The van der Waals surface area contributed by atoms with Crippen LogP contribution in [-0.4, -0.2) is 66.2 Å². The average molecular weight is 593 g/mol. The second-order valence-electron chi connectivity index (χ2n) is 11.8. The number of β-amino-alcohol motifs (C(OH)–C–C–N with tert-alkyl or cyclic N) is 1. The number of imidazole rings is 1. The SMILES string of the molecule is Cc1nc2cc(F)c(-c3cnc(C4(O)CN(C(=O)OC(C)(C)C)C4)nc3)cn2c1CN1C(=O)[C@@H](C)Oc2c(F)cccc21. The maximum atomic E-state index is 15.3. The number of nitrogens with zero attached hydrogens (tertiary/aromatic N) is 6. The molecule has 5 heterocycles. The minimum atomic E-state index is -1.45. The van der Waals surface area contributed by atoms with E-state index in [1.165, 1.54) is 40.4 Å². The molecular weight excluding hydrogens is 562 g/mol. The predicted molar refractivity (Wildman–Crippen MR) is 150 cm³/mol. The number of carbonyl (C=O) groups excluding carboxylic acids is 2. The van der Waals surface area contributed by atoms with Gasteiger partial charge < -0.3 is 23.9 Å². The lowest BCUT2D eigenvalue weighted by Crippen LogP contribution is -2.62. The van der Waals surface area contributed by atoms with Crippen LogP contribution >= 0.6 is 0 Å². The number of aliphatic hydroxyl groups is 1. The van der Waals surface area contributed by atoms with Crippen molar-refractivity contribution in [2.75, 3.05) is 18.0 Å². The zero-order valence-electron chi connectivity index (χ0n) is 24.3. The zero-order chi connectivity index (χ0) is 30.8. The molecule has 0 spiro atoms. The van der Waals surface area contributed by atoms with E-state index in [0.29, 0.717) is 28.3 Å². The molecule has 0 aliphatic carbocycles. The monoisotopic (exact) mass is 592 g/mol. The Hall–Kier alpha value is -4.65. The zero-order valence-corrected chi connectivity index (χ0v) is 24.3. The van der Waals surface area contributed by atoms with Crippen molar-refractivity contribution in [3.8, 4) is 16.9 Å². The van der Waals surface area contributed by atoms with Crippen molar-refractivity contribution in [2.45, 2.75) is 58.5 Å². The van der Waals surface area contributed by atoms with Crippen LogP contribution in [-0.2, 0) is 21.7 Å². The molecule has 4 aromatic rings. The number of hydrogen-bond acceptors (Lipinski definition) is 8. The summed E-state index contributed by atoms with van der Waals surface area (Å²) < 4.78 is 42.3. The molecule has 0 radical (unpaired) electrons. The Bertz CT molecular complexity index is 1760. The number of para-hydroxylation sites is 1. The first-order valence-corrected chi connectivity index (χ1v) is 13.7. The van der Waals surface area contributed by atoms with Crippen molar-refractivity contribution in [1.29, 1.82) is 0 Å². The fraction of sp³-hybridized carbons (Fsp3) is 0.367. The quantitative estimate of drug-likeness (QED) is 0.376. The lowest BCUT2D eigenvalue weighted by Gasteiger charge is -2.45. The van der Waals surface area contributed by atoms with Gasteiger partial charge in [-0.1, -0.05) is 6.07 Å². The maximum absolute atomic E-state index is 15.3. The molecule has 0 bridgehead atoms. The largest absolute Gasteiger partial charge is 0.476 e. The van der Waals surface area contributed by atoms with Crippen molar-refractivity contribution in [3.05, 3.63) is 71.7 Å². The fourth-order valence-corrected chi connectivity index (χ4v) is 5.23. The summed E-state index contributed by atoms with van der Waals surface area (Å²) in [5.41, 5.74) is 0.170. The molecule has 6 rings (SSSR count). The molecule has 0 unspecified atom stereocenters. The van der Waals surface area contributed by atoms with E-state index >= 15 is 4.39 Å². The highest BCUT2D eigenvalue weighted by molar-refractivity contribution is 5.99. The number of pyridine rings is 1. The lowest BCUT2D eigenvalue weighted by atomic mass is 9.93. The smallest absolute Gasteiger partial charge is 0.410 e. The van der Waals surface area contributed by atoms with Crippen LogP contribution in [0.4, 0.5) is 19.3 Å². The number of amides is 2. The van der Waals surface area contributed by atoms with Gasteiger partial charge in [0.2, 0.25) is 0 Å². The van der Waals surface area contributed by atoms with E-state index in [1.54, 1.807) is 51.3 Å².